The van der Waals surface area contributed by atoms with Crippen molar-refractivity contribution in [2.24, 2.45) is 10.4 Å². The molecule has 1 amide bonds. The van der Waals surface area contributed by atoms with E-state index in [1.54, 1.807) is 0 Å². The van der Waals surface area contributed by atoms with E-state index in [0.29, 0.717) is 12.2 Å². The topological polar surface area (TPSA) is 91.6 Å². The molecule has 8 heteroatoms. The number of nitrogens with zero attached hydrogens (tertiary/aromatic N) is 3. The van der Waals surface area contributed by atoms with Gasteiger partial charge in [-0.05, 0) is 73.6 Å². The summed E-state index contributed by atoms with van der Waals surface area (Å²) >= 11 is 0. The molecular formula is C32H35ClN4O3. The molecule has 1 N–H and O–H groups in total. The SMILES string of the molecule is CCCCC1(Cc2ccc(-c3ccccc3-c3noc(=O)[nH]3)cc2)C=NC(C)N(c2ccc(C)c(C)c2)C1=O.Cl. The minimum atomic E-state index is -0.707. The number of H-pyrrole nitrogens is 1. The van der Waals surface area contributed by atoms with Crippen LogP contribution in [0.5, 0.6) is 0 Å². The van der Waals surface area contributed by atoms with E-state index in [-0.39, 0.29) is 24.5 Å². The number of aromatic amines is 1. The van der Waals surface area contributed by atoms with Gasteiger partial charge in [0.1, 0.15) is 6.17 Å². The van der Waals surface area contributed by atoms with Crippen molar-refractivity contribution < 1.29 is 9.32 Å². The van der Waals surface area contributed by atoms with Crippen molar-refractivity contribution in [3.63, 3.8) is 0 Å². The molecule has 5 rings (SSSR count). The van der Waals surface area contributed by atoms with E-state index < -0.39 is 11.2 Å². The number of rotatable bonds is 8. The molecule has 0 aliphatic carbocycles. The lowest BCUT2D eigenvalue weighted by molar-refractivity contribution is -0.126. The minimum absolute atomic E-state index is 0. The van der Waals surface area contributed by atoms with E-state index in [9.17, 15) is 9.59 Å². The summed E-state index contributed by atoms with van der Waals surface area (Å²) in [5, 5.41) is 3.86. The molecule has 208 valence electrons. The Bertz CT molecular complexity index is 1570. The Morgan fingerprint density at radius 1 is 0.975 bits per heavy atom. The first-order chi connectivity index (χ1) is 18.8. The van der Waals surface area contributed by atoms with E-state index in [4.69, 9.17) is 9.52 Å². The molecule has 0 fully saturated rings. The van der Waals surface area contributed by atoms with Crippen molar-refractivity contribution in [3.05, 3.63) is 94.0 Å². The number of anilines is 1. The maximum absolute atomic E-state index is 14.2. The smallest absolute Gasteiger partial charge is 0.296 e. The van der Waals surface area contributed by atoms with Crippen LogP contribution >= 0.6 is 12.4 Å². The van der Waals surface area contributed by atoms with Crippen LogP contribution in [0.4, 0.5) is 5.69 Å². The number of aryl methyl sites for hydroxylation is 2. The van der Waals surface area contributed by atoms with E-state index in [2.05, 4.69) is 55.2 Å². The number of hydrogen-bond donors (Lipinski definition) is 1. The van der Waals surface area contributed by atoms with Crippen molar-refractivity contribution in [1.82, 2.24) is 10.1 Å². The third-order valence-corrected chi connectivity index (χ3v) is 7.71. The monoisotopic (exact) mass is 558 g/mol. The number of unbranched alkanes of at least 4 members (excludes halogenated alkanes) is 1. The van der Waals surface area contributed by atoms with Crippen molar-refractivity contribution in [3.8, 4) is 22.5 Å². The molecule has 0 spiro atoms. The quantitative estimate of drug-likeness (QED) is 0.254. The predicted octanol–water partition coefficient (Wildman–Crippen LogP) is 6.92. The molecular weight excluding hydrogens is 524 g/mol. The number of hydrogen-bond acceptors (Lipinski definition) is 5. The molecule has 2 unspecified atom stereocenters. The van der Waals surface area contributed by atoms with Gasteiger partial charge in [-0.2, -0.15) is 0 Å². The molecule has 0 saturated heterocycles. The molecule has 40 heavy (non-hydrogen) atoms. The first kappa shape index (κ1) is 29.0. The number of amides is 1. The molecule has 2 atom stereocenters. The zero-order valence-electron chi connectivity index (χ0n) is 23.3. The average molecular weight is 559 g/mol. The van der Waals surface area contributed by atoms with Crippen LogP contribution in [0.25, 0.3) is 22.5 Å². The summed E-state index contributed by atoms with van der Waals surface area (Å²) in [5.74, 6) is -0.0932. The number of benzene rings is 3. The van der Waals surface area contributed by atoms with Gasteiger partial charge in [-0.3, -0.25) is 24.2 Å². The highest BCUT2D eigenvalue weighted by molar-refractivity contribution is 6.09. The Labute approximate surface area is 240 Å². The van der Waals surface area contributed by atoms with Crippen LogP contribution in [0.1, 0.15) is 49.8 Å². The van der Waals surface area contributed by atoms with Gasteiger partial charge >= 0.3 is 5.76 Å². The number of aromatic nitrogens is 2. The minimum Gasteiger partial charge on any atom is -0.296 e. The highest BCUT2D eigenvalue weighted by Crippen LogP contribution is 2.38. The number of nitrogens with one attached hydrogen (secondary N) is 1. The molecule has 7 nitrogen and oxygen atoms in total. The van der Waals surface area contributed by atoms with Gasteiger partial charge in [-0.25, -0.2) is 4.79 Å². The molecule has 1 aromatic heterocycles. The highest BCUT2D eigenvalue weighted by Gasteiger charge is 2.44. The second kappa shape index (κ2) is 12.0. The summed E-state index contributed by atoms with van der Waals surface area (Å²) in [6.07, 6.45) is 4.91. The van der Waals surface area contributed by atoms with E-state index in [1.165, 1.54) is 5.56 Å². The fourth-order valence-electron chi connectivity index (χ4n) is 5.32. The number of aliphatic imine (C=N–C) groups is 1. The Balaban J connectivity index is 0.00000370. The second-order valence-corrected chi connectivity index (χ2v) is 10.5. The first-order valence-corrected chi connectivity index (χ1v) is 13.5. The highest BCUT2D eigenvalue weighted by atomic mass is 35.5. The summed E-state index contributed by atoms with van der Waals surface area (Å²) in [5.41, 5.74) is 6.31. The second-order valence-electron chi connectivity index (χ2n) is 10.5. The molecule has 1 aliphatic heterocycles. The Hall–Kier alpha value is -3.97. The van der Waals surface area contributed by atoms with Gasteiger partial charge in [0.05, 0.1) is 5.41 Å². The maximum Gasteiger partial charge on any atom is 0.439 e. The molecule has 1 aliphatic rings. The standard InChI is InChI=1S/C32H34N4O3.ClH/c1-5-6-17-32(20-33-23(4)36(30(32)37)26-16-11-21(2)22(3)18-26)19-24-12-14-25(15-13-24)27-9-7-8-10-28(27)29-34-31(38)39-35-29;/h7-16,18,20,23H,5-6,17,19H2,1-4H3,(H,34,35,38);1H. The lowest BCUT2D eigenvalue weighted by Gasteiger charge is -2.41. The lowest BCUT2D eigenvalue weighted by atomic mass is 9.75. The fourth-order valence-corrected chi connectivity index (χ4v) is 5.32. The van der Waals surface area contributed by atoms with Crippen molar-refractivity contribution in [2.45, 2.75) is 59.5 Å². The zero-order chi connectivity index (χ0) is 27.6. The summed E-state index contributed by atoms with van der Waals surface area (Å²) in [4.78, 5) is 35.1. The van der Waals surface area contributed by atoms with Crippen molar-refractivity contribution >= 4 is 30.2 Å². The largest absolute Gasteiger partial charge is 0.439 e. The number of halogens is 1. The van der Waals surface area contributed by atoms with Gasteiger partial charge in [0, 0.05) is 17.5 Å². The van der Waals surface area contributed by atoms with Crippen molar-refractivity contribution in [1.29, 1.82) is 0 Å². The van der Waals surface area contributed by atoms with Crippen LogP contribution in [-0.4, -0.2) is 28.4 Å². The Kier molecular flexibility index (Phi) is 8.74. The van der Waals surface area contributed by atoms with Gasteiger partial charge in [0.2, 0.25) is 5.91 Å². The van der Waals surface area contributed by atoms with Gasteiger partial charge < -0.3 is 0 Å². The fraction of sp³-hybridized carbons (Fsp3) is 0.312. The number of carbonyl (C=O) groups is 1. The molecule has 0 saturated carbocycles. The van der Waals surface area contributed by atoms with Crippen molar-refractivity contribution in [2.75, 3.05) is 4.90 Å². The molecule has 0 radical (unpaired) electrons. The van der Waals surface area contributed by atoms with E-state index >= 15 is 0 Å². The van der Waals surface area contributed by atoms with Crippen LogP contribution < -0.4 is 10.7 Å². The Morgan fingerprint density at radius 3 is 2.35 bits per heavy atom. The Morgan fingerprint density at radius 2 is 1.70 bits per heavy atom. The maximum atomic E-state index is 14.2. The lowest BCUT2D eigenvalue weighted by Crippen LogP contribution is -2.53. The summed E-state index contributed by atoms with van der Waals surface area (Å²) in [7, 11) is 0. The predicted molar refractivity (Wildman–Crippen MR) is 162 cm³/mol. The summed E-state index contributed by atoms with van der Waals surface area (Å²) < 4.78 is 4.72. The zero-order valence-corrected chi connectivity index (χ0v) is 24.1. The molecule has 0 bridgehead atoms. The molecule has 3 aromatic carbocycles. The number of carbonyl (C=O) groups excluding carboxylic acids is 1. The van der Waals surface area contributed by atoms with Gasteiger partial charge in [-0.1, -0.05) is 79.5 Å². The third kappa shape index (κ3) is 5.65. The molecule has 4 aromatic rings. The first-order valence-electron chi connectivity index (χ1n) is 13.5. The normalized spacial score (nSPS) is 18.6. The van der Waals surface area contributed by atoms with Crippen LogP contribution in [0.2, 0.25) is 0 Å². The van der Waals surface area contributed by atoms with Crippen LogP contribution in [-0.2, 0) is 11.2 Å². The van der Waals surface area contributed by atoms with Gasteiger partial charge in [0.25, 0.3) is 0 Å². The molecule has 2 heterocycles. The summed E-state index contributed by atoms with van der Waals surface area (Å²) in [6, 6.07) is 22.2. The van der Waals surface area contributed by atoms with Crippen LogP contribution in [0.15, 0.2) is 81.0 Å². The third-order valence-electron chi connectivity index (χ3n) is 7.71. The van der Waals surface area contributed by atoms with Gasteiger partial charge in [0.15, 0.2) is 5.82 Å². The summed E-state index contributed by atoms with van der Waals surface area (Å²) in [6.45, 7) is 8.28. The van der Waals surface area contributed by atoms with Crippen LogP contribution in [0.3, 0.4) is 0 Å². The average Bonchev–Trinajstić information content (AvgIpc) is 3.38. The van der Waals surface area contributed by atoms with Gasteiger partial charge in [-0.15, -0.1) is 12.4 Å². The van der Waals surface area contributed by atoms with E-state index in [1.807, 2.05) is 60.5 Å². The van der Waals surface area contributed by atoms with Crippen LogP contribution in [0, 0.1) is 19.3 Å². The van der Waals surface area contributed by atoms with E-state index in [0.717, 1.165) is 52.8 Å².